The van der Waals surface area contributed by atoms with Crippen molar-refractivity contribution in [1.29, 1.82) is 0 Å². The molecule has 0 saturated heterocycles. The molecule has 0 spiro atoms. The predicted molar refractivity (Wildman–Crippen MR) is 123 cm³/mol. The monoisotopic (exact) mass is 428 g/mol. The number of aliphatic imine (C=N–C) groups is 1. The van der Waals surface area contributed by atoms with Crippen molar-refractivity contribution in [2.24, 2.45) is 10.9 Å². The van der Waals surface area contributed by atoms with Gasteiger partial charge in [0.15, 0.2) is 0 Å². The number of rotatable bonds is 7. The summed E-state index contributed by atoms with van der Waals surface area (Å²) in [6.07, 6.45) is 5.77. The molecule has 1 N–H and O–H groups in total. The van der Waals surface area contributed by atoms with E-state index in [9.17, 15) is 9.59 Å². The van der Waals surface area contributed by atoms with Crippen molar-refractivity contribution in [3.05, 3.63) is 95.5 Å². The van der Waals surface area contributed by atoms with E-state index in [2.05, 4.69) is 10.3 Å². The van der Waals surface area contributed by atoms with Crippen LogP contribution in [0.4, 0.5) is 0 Å². The third kappa shape index (κ3) is 4.39. The summed E-state index contributed by atoms with van der Waals surface area (Å²) in [4.78, 5) is 29.3. The summed E-state index contributed by atoms with van der Waals surface area (Å²) in [5.74, 6) is 0.466. The molecule has 162 valence electrons. The van der Waals surface area contributed by atoms with Crippen LogP contribution < -0.4 is 5.32 Å². The number of fused-ring (bicyclic) bond motifs is 1. The molecule has 0 saturated carbocycles. The molecule has 1 atom stereocenters. The van der Waals surface area contributed by atoms with Crippen LogP contribution in [-0.4, -0.2) is 38.3 Å². The van der Waals surface area contributed by atoms with Crippen LogP contribution in [0.2, 0.25) is 0 Å². The molecule has 0 bridgehead atoms. The largest absolute Gasteiger partial charge is 0.500 e. The van der Waals surface area contributed by atoms with Gasteiger partial charge in [-0.1, -0.05) is 48.5 Å². The summed E-state index contributed by atoms with van der Waals surface area (Å²) in [7, 11) is 3.13. The summed E-state index contributed by atoms with van der Waals surface area (Å²) in [5.41, 5.74) is 3.80. The lowest BCUT2D eigenvalue weighted by Crippen LogP contribution is -2.30. The third-order valence-corrected chi connectivity index (χ3v) is 5.51. The standard InChI is InChI=1S/C26H24N2O4/c1-31-22-12-13-23(32-2)24-21(22)16-20(26(30)28-24)14-15-27-25(29)19-10-8-18(9-11-19)17-6-4-3-5-7-17/h3-13,16,21H,14-15H2,1-2H3,(H,27,29). The Morgan fingerprint density at radius 3 is 2.38 bits per heavy atom. The molecule has 2 amide bonds. The Hall–Kier alpha value is -3.93. The third-order valence-electron chi connectivity index (χ3n) is 5.51. The van der Waals surface area contributed by atoms with Crippen LogP contribution >= 0.6 is 0 Å². The van der Waals surface area contributed by atoms with E-state index in [1.54, 1.807) is 32.4 Å². The van der Waals surface area contributed by atoms with Crippen molar-refractivity contribution >= 4 is 17.5 Å². The fourth-order valence-electron chi connectivity index (χ4n) is 3.79. The Kier molecular flexibility index (Phi) is 6.31. The quantitative estimate of drug-likeness (QED) is 0.721. The normalized spacial score (nSPS) is 17.3. The number of ether oxygens (including phenoxy) is 2. The summed E-state index contributed by atoms with van der Waals surface area (Å²) in [6.45, 7) is 0.327. The van der Waals surface area contributed by atoms with Crippen LogP contribution in [-0.2, 0) is 14.3 Å². The number of nitrogens with zero attached hydrogens (tertiary/aromatic N) is 1. The van der Waals surface area contributed by atoms with Crippen molar-refractivity contribution in [2.75, 3.05) is 20.8 Å². The number of carbonyl (C=O) groups excluding carboxylic acids is 2. The zero-order valence-electron chi connectivity index (χ0n) is 18.0. The molecule has 6 heteroatoms. The van der Waals surface area contributed by atoms with Crippen LogP contribution in [0.15, 0.2) is 94.9 Å². The molecule has 1 unspecified atom stereocenters. The number of amides is 2. The molecule has 1 heterocycles. The minimum Gasteiger partial charge on any atom is -0.500 e. The minimum atomic E-state index is -0.321. The van der Waals surface area contributed by atoms with E-state index < -0.39 is 0 Å². The van der Waals surface area contributed by atoms with Crippen LogP contribution in [0, 0.1) is 5.92 Å². The summed E-state index contributed by atoms with van der Waals surface area (Å²) >= 11 is 0. The second kappa shape index (κ2) is 9.47. The van der Waals surface area contributed by atoms with Gasteiger partial charge < -0.3 is 14.8 Å². The Balaban J connectivity index is 1.38. The number of nitrogens with one attached hydrogen (secondary N) is 1. The van der Waals surface area contributed by atoms with Crippen LogP contribution in [0.3, 0.4) is 0 Å². The highest BCUT2D eigenvalue weighted by Gasteiger charge is 2.32. The molecular weight excluding hydrogens is 404 g/mol. The molecule has 4 rings (SSSR count). The predicted octanol–water partition coefficient (Wildman–Crippen LogP) is 4.07. The van der Waals surface area contributed by atoms with Crippen molar-refractivity contribution in [3.8, 4) is 11.1 Å². The summed E-state index contributed by atoms with van der Waals surface area (Å²) < 4.78 is 10.8. The number of carbonyl (C=O) groups is 2. The molecule has 32 heavy (non-hydrogen) atoms. The highest BCUT2D eigenvalue weighted by molar-refractivity contribution is 6.15. The van der Waals surface area contributed by atoms with E-state index in [4.69, 9.17) is 9.47 Å². The van der Waals surface area contributed by atoms with Crippen molar-refractivity contribution in [3.63, 3.8) is 0 Å². The van der Waals surface area contributed by atoms with E-state index in [-0.39, 0.29) is 17.7 Å². The van der Waals surface area contributed by atoms with E-state index in [1.165, 1.54) is 0 Å². The highest BCUT2D eigenvalue weighted by atomic mass is 16.5. The number of benzene rings is 2. The maximum atomic E-state index is 12.5. The maximum Gasteiger partial charge on any atom is 0.273 e. The Bertz CT molecular complexity index is 1140. The lowest BCUT2D eigenvalue weighted by atomic mass is 9.89. The first-order valence-corrected chi connectivity index (χ1v) is 10.4. The first-order chi connectivity index (χ1) is 15.6. The second-order valence-electron chi connectivity index (χ2n) is 7.43. The van der Waals surface area contributed by atoms with Gasteiger partial charge in [0.05, 0.1) is 20.1 Å². The van der Waals surface area contributed by atoms with Gasteiger partial charge in [-0.25, -0.2) is 4.99 Å². The van der Waals surface area contributed by atoms with Gasteiger partial charge in [0.2, 0.25) is 0 Å². The SMILES string of the molecule is COC1=CC=C(OC)C2C=C(CCNC(=O)c3ccc(-c4ccccc4)cc3)C(=O)N=C12. The van der Waals surface area contributed by atoms with Gasteiger partial charge in [-0.3, -0.25) is 9.59 Å². The summed E-state index contributed by atoms with van der Waals surface area (Å²) in [6, 6.07) is 17.4. The van der Waals surface area contributed by atoms with Crippen LogP contribution in [0.1, 0.15) is 16.8 Å². The van der Waals surface area contributed by atoms with Crippen molar-refractivity contribution in [2.45, 2.75) is 6.42 Å². The average molecular weight is 428 g/mol. The molecule has 0 aromatic heterocycles. The van der Waals surface area contributed by atoms with Gasteiger partial charge in [-0.15, -0.1) is 0 Å². The molecule has 6 nitrogen and oxygen atoms in total. The molecule has 0 fully saturated rings. The van der Waals surface area contributed by atoms with Gasteiger partial charge in [0.25, 0.3) is 11.8 Å². The number of hydrogen-bond acceptors (Lipinski definition) is 4. The number of dihydropyridines is 1. The average Bonchev–Trinajstić information content (AvgIpc) is 2.84. The Labute approximate surface area is 187 Å². The molecule has 2 aromatic rings. The molecule has 0 radical (unpaired) electrons. The van der Waals surface area contributed by atoms with Gasteiger partial charge in [0, 0.05) is 17.7 Å². The number of methoxy groups -OCH3 is 2. The first kappa shape index (κ1) is 21.3. The van der Waals surface area contributed by atoms with Crippen molar-refractivity contribution in [1.82, 2.24) is 5.32 Å². The maximum absolute atomic E-state index is 12.5. The number of allylic oxidation sites excluding steroid dienone is 4. The lowest BCUT2D eigenvalue weighted by Gasteiger charge is -2.26. The topological polar surface area (TPSA) is 77.0 Å². The van der Waals surface area contributed by atoms with Crippen LogP contribution in [0.5, 0.6) is 0 Å². The molecule has 2 aromatic carbocycles. The minimum absolute atomic E-state index is 0.183. The van der Waals surface area contributed by atoms with Gasteiger partial charge in [0.1, 0.15) is 17.2 Å². The van der Waals surface area contributed by atoms with Gasteiger partial charge >= 0.3 is 0 Å². The molecule has 2 aliphatic rings. The first-order valence-electron chi connectivity index (χ1n) is 10.4. The highest BCUT2D eigenvalue weighted by Crippen LogP contribution is 2.30. The van der Waals surface area contributed by atoms with Gasteiger partial charge in [-0.2, -0.15) is 0 Å². The lowest BCUT2D eigenvalue weighted by molar-refractivity contribution is -0.114. The van der Waals surface area contributed by atoms with Crippen molar-refractivity contribution < 1.29 is 19.1 Å². The number of hydrogen-bond donors (Lipinski definition) is 1. The molecular formula is C26H24N2O4. The zero-order chi connectivity index (χ0) is 22.5. The van der Waals surface area contributed by atoms with E-state index in [1.807, 2.05) is 54.6 Å². The second-order valence-corrected chi connectivity index (χ2v) is 7.43. The fourth-order valence-corrected chi connectivity index (χ4v) is 3.79. The Morgan fingerprint density at radius 2 is 1.69 bits per heavy atom. The van der Waals surface area contributed by atoms with E-state index in [0.717, 1.165) is 11.1 Å². The van der Waals surface area contributed by atoms with Crippen LogP contribution in [0.25, 0.3) is 11.1 Å². The van der Waals surface area contributed by atoms with Gasteiger partial charge in [-0.05, 0) is 41.8 Å². The Morgan fingerprint density at radius 1 is 0.969 bits per heavy atom. The fraction of sp³-hybridized carbons (Fsp3) is 0.192. The summed E-state index contributed by atoms with van der Waals surface area (Å²) in [5, 5.41) is 2.88. The molecule has 1 aliphatic carbocycles. The van der Waals surface area contributed by atoms with E-state index >= 15 is 0 Å². The smallest absolute Gasteiger partial charge is 0.273 e. The zero-order valence-corrected chi connectivity index (χ0v) is 18.0. The van der Waals surface area contributed by atoms with E-state index in [0.29, 0.717) is 41.3 Å². The molecule has 1 aliphatic heterocycles.